The first kappa shape index (κ1) is 7.95. The standard InChI is InChI=1S/C9H11NO/c1-8(11)2-3-9-4-6-10-7-5-9/h2-8,11H,1H3. The Morgan fingerprint density at radius 1 is 1.45 bits per heavy atom. The Bertz CT molecular complexity index is 229. The fourth-order valence-corrected chi connectivity index (χ4v) is 0.725. The van der Waals surface area contributed by atoms with Gasteiger partial charge in [-0.3, -0.25) is 4.98 Å². The largest absolute Gasteiger partial charge is 0.389 e. The molecule has 2 nitrogen and oxygen atoms in total. The third-order valence-corrected chi connectivity index (χ3v) is 1.27. The lowest BCUT2D eigenvalue weighted by atomic mass is 10.2. The molecule has 58 valence electrons. The Balaban J connectivity index is 2.65. The number of hydrogen-bond acceptors (Lipinski definition) is 2. The molecule has 0 aliphatic heterocycles. The van der Waals surface area contributed by atoms with Gasteiger partial charge in [0.15, 0.2) is 0 Å². The average Bonchev–Trinajstić information content (AvgIpc) is 2.03. The number of pyridine rings is 1. The van der Waals surface area contributed by atoms with Gasteiger partial charge in [0.25, 0.3) is 0 Å². The monoisotopic (exact) mass is 149 g/mol. The minimum absolute atomic E-state index is 0.386. The van der Waals surface area contributed by atoms with Crippen molar-refractivity contribution in [3.05, 3.63) is 36.2 Å². The lowest BCUT2D eigenvalue weighted by Gasteiger charge is -1.93. The summed E-state index contributed by atoms with van der Waals surface area (Å²) in [4.78, 5) is 3.88. The van der Waals surface area contributed by atoms with Crippen LogP contribution in [0.4, 0.5) is 0 Å². The minimum atomic E-state index is -0.386. The zero-order chi connectivity index (χ0) is 8.10. The highest BCUT2D eigenvalue weighted by atomic mass is 16.3. The summed E-state index contributed by atoms with van der Waals surface area (Å²) in [7, 11) is 0. The number of nitrogens with zero attached hydrogens (tertiary/aromatic N) is 1. The lowest BCUT2D eigenvalue weighted by Crippen LogP contribution is -1.91. The maximum atomic E-state index is 8.91. The van der Waals surface area contributed by atoms with E-state index in [4.69, 9.17) is 5.11 Å². The van der Waals surface area contributed by atoms with E-state index < -0.39 is 0 Å². The Morgan fingerprint density at radius 3 is 2.64 bits per heavy atom. The Morgan fingerprint density at radius 2 is 2.09 bits per heavy atom. The third-order valence-electron chi connectivity index (χ3n) is 1.27. The fourth-order valence-electron chi connectivity index (χ4n) is 0.725. The molecule has 1 atom stereocenters. The van der Waals surface area contributed by atoms with E-state index in [-0.39, 0.29) is 6.10 Å². The highest BCUT2D eigenvalue weighted by Gasteiger charge is 1.86. The lowest BCUT2D eigenvalue weighted by molar-refractivity contribution is 0.245. The Hall–Kier alpha value is -1.15. The summed E-state index contributed by atoms with van der Waals surface area (Å²) in [5.74, 6) is 0. The quantitative estimate of drug-likeness (QED) is 0.690. The maximum Gasteiger partial charge on any atom is 0.0696 e. The van der Waals surface area contributed by atoms with Crippen LogP contribution in [-0.2, 0) is 0 Å². The summed E-state index contributed by atoms with van der Waals surface area (Å²) >= 11 is 0. The van der Waals surface area contributed by atoms with Crippen LogP contribution in [0.3, 0.4) is 0 Å². The van der Waals surface area contributed by atoms with Gasteiger partial charge >= 0.3 is 0 Å². The van der Waals surface area contributed by atoms with Gasteiger partial charge in [0, 0.05) is 12.4 Å². The normalized spacial score (nSPS) is 13.6. The zero-order valence-corrected chi connectivity index (χ0v) is 6.44. The summed E-state index contributed by atoms with van der Waals surface area (Å²) < 4.78 is 0. The molecule has 1 heterocycles. The van der Waals surface area contributed by atoms with Crippen molar-refractivity contribution in [2.24, 2.45) is 0 Å². The molecule has 0 fully saturated rings. The summed E-state index contributed by atoms with van der Waals surface area (Å²) in [5, 5.41) is 8.91. The molecule has 1 aromatic rings. The first-order chi connectivity index (χ1) is 5.29. The predicted octanol–water partition coefficient (Wildman–Crippen LogP) is 1.48. The van der Waals surface area contributed by atoms with E-state index in [1.165, 1.54) is 0 Å². The van der Waals surface area contributed by atoms with Gasteiger partial charge < -0.3 is 5.11 Å². The summed E-state index contributed by atoms with van der Waals surface area (Å²) in [6.45, 7) is 1.72. The van der Waals surface area contributed by atoms with Crippen LogP contribution in [0.15, 0.2) is 30.6 Å². The molecule has 0 radical (unpaired) electrons. The molecule has 0 aliphatic rings. The minimum Gasteiger partial charge on any atom is -0.389 e. The molecule has 2 heteroatoms. The number of aliphatic hydroxyl groups is 1. The molecule has 1 unspecified atom stereocenters. The predicted molar refractivity (Wildman–Crippen MR) is 45.0 cm³/mol. The van der Waals surface area contributed by atoms with Crippen LogP contribution in [0.25, 0.3) is 6.08 Å². The second-order valence-corrected chi connectivity index (χ2v) is 2.38. The SMILES string of the molecule is CC(O)C=Cc1ccncc1. The van der Waals surface area contributed by atoms with Crippen molar-refractivity contribution in [2.75, 3.05) is 0 Å². The van der Waals surface area contributed by atoms with Crippen LogP contribution < -0.4 is 0 Å². The number of rotatable bonds is 2. The van der Waals surface area contributed by atoms with E-state index >= 15 is 0 Å². The number of aromatic nitrogens is 1. The molecule has 1 rings (SSSR count). The van der Waals surface area contributed by atoms with Crippen LogP contribution in [0.1, 0.15) is 12.5 Å². The molecule has 0 saturated carbocycles. The highest BCUT2D eigenvalue weighted by molar-refractivity contribution is 5.48. The smallest absolute Gasteiger partial charge is 0.0696 e. The average molecular weight is 149 g/mol. The number of hydrogen-bond donors (Lipinski definition) is 1. The third kappa shape index (κ3) is 2.96. The maximum absolute atomic E-state index is 8.91. The van der Waals surface area contributed by atoms with Gasteiger partial charge in [0.2, 0.25) is 0 Å². The van der Waals surface area contributed by atoms with Crippen LogP contribution in [-0.4, -0.2) is 16.2 Å². The van der Waals surface area contributed by atoms with Crippen LogP contribution in [0.2, 0.25) is 0 Å². The van der Waals surface area contributed by atoms with Crippen molar-refractivity contribution in [3.63, 3.8) is 0 Å². The number of aliphatic hydroxyl groups excluding tert-OH is 1. The van der Waals surface area contributed by atoms with Gasteiger partial charge in [-0.15, -0.1) is 0 Å². The van der Waals surface area contributed by atoms with Crippen molar-refractivity contribution in [3.8, 4) is 0 Å². The first-order valence-corrected chi connectivity index (χ1v) is 3.55. The molecular weight excluding hydrogens is 138 g/mol. The molecule has 0 bridgehead atoms. The van der Waals surface area contributed by atoms with Gasteiger partial charge in [-0.1, -0.05) is 12.2 Å². The van der Waals surface area contributed by atoms with Gasteiger partial charge in [-0.05, 0) is 24.6 Å². The van der Waals surface area contributed by atoms with Crippen molar-refractivity contribution in [1.82, 2.24) is 4.98 Å². The van der Waals surface area contributed by atoms with E-state index in [0.29, 0.717) is 0 Å². The van der Waals surface area contributed by atoms with Crippen molar-refractivity contribution >= 4 is 6.08 Å². The Kier molecular flexibility index (Phi) is 2.81. The fraction of sp³-hybridized carbons (Fsp3) is 0.222. The molecule has 1 N–H and O–H groups in total. The molecule has 0 aliphatic carbocycles. The van der Waals surface area contributed by atoms with Crippen molar-refractivity contribution < 1.29 is 5.11 Å². The van der Waals surface area contributed by atoms with E-state index in [1.54, 1.807) is 25.4 Å². The highest BCUT2D eigenvalue weighted by Crippen LogP contribution is 1.99. The summed E-state index contributed by atoms with van der Waals surface area (Å²) in [6, 6.07) is 3.78. The summed E-state index contributed by atoms with van der Waals surface area (Å²) in [5.41, 5.74) is 1.06. The van der Waals surface area contributed by atoms with E-state index in [9.17, 15) is 0 Å². The van der Waals surface area contributed by atoms with Gasteiger partial charge in [0.05, 0.1) is 6.10 Å². The molecular formula is C9H11NO. The molecule has 11 heavy (non-hydrogen) atoms. The molecule has 0 aromatic carbocycles. The molecule has 0 saturated heterocycles. The van der Waals surface area contributed by atoms with Gasteiger partial charge in [-0.2, -0.15) is 0 Å². The van der Waals surface area contributed by atoms with Gasteiger partial charge in [-0.25, -0.2) is 0 Å². The Labute approximate surface area is 66.2 Å². The molecule has 1 aromatic heterocycles. The van der Waals surface area contributed by atoms with E-state index in [1.807, 2.05) is 18.2 Å². The molecule has 0 amide bonds. The molecule has 0 spiro atoms. The van der Waals surface area contributed by atoms with Crippen molar-refractivity contribution in [2.45, 2.75) is 13.0 Å². The van der Waals surface area contributed by atoms with E-state index in [0.717, 1.165) is 5.56 Å². The first-order valence-electron chi connectivity index (χ1n) is 3.55. The van der Waals surface area contributed by atoms with E-state index in [2.05, 4.69) is 4.98 Å². The second kappa shape index (κ2) is 3.88. The van der Waals surface area contributed by atoms with Gasteiger partial charge in [0.1, 0.15) is 0 Å². The van der Waals surface area contributed by atoms with Crippen LogP contribution in [0, 0.1) is 0 Å². The van der Waals surface area contributed by atoms with Crippen LogP contribution >= 0.6 is 0 Å². The summed E-state index contributed by atoms with van der Waals surface area (Å²) in [6.07, 6.45) is 6.66. The van der Waals surface area contributed by atoms with Crippen molar-refractivity contribution in [1.29, 1.82) is 0 Å². The topological polar surface area (TPSA) is 33.1 Å². The van der Waals surface area contributed by atoms with Crippen LogP contribution in [0.5, 0.6) is 0 Å². The zero-order valence-electron chi connectivity index (χ0n) is 6.44. The second-order valence-electron chi connectivity index (χ2n) is 2.38.